The summed E-state index contributed by atoms with van der Waals surface area (Å²) in [7, 11) is 0. The summed E-state index contributed by atoms with van der Waals surface area (Å²) in [6, 6.07) is 10.3. The number of para-hydroxylation sites is 1. The van der Waals surface area contributed by atoms with Crippen molar-refractivity contribution in [2.45, 2.75) is 53.5 Å². The second-order valence-electron chi connectivity index (χ2n) is 9.89. The fraction of sp³-hybridized carbons (Fsp3) is 0.577. The Morgan fingerprint density at radius 3 is 2.52 bits per heavy atom. The Kier molecular flexibility index (Phi) is 6.42. The molecular weight excluding hydrogens is 388 g/mol. The predicted octanol–water partition coefficient (Wildman–Crippen LogP) is 5.06. The molecule has 5 nitrogen and oxygen atoms in total. The van der Waals surface area contributed by atoms with E-state index >= 15 is 0 Å². The lowest BCUT2D eigenvalue weighted by molar-refractivity contribution is 0.0586. The quantitative estimate of drug-likeness (QED) is 0.650. The van der Waals surface area contributed by atoms with Gasteiger partial charge in [0.05, 0.1) is 12.2 Å². The molecule has 0 unspecified atom stereocenters. The number of aryl methyl sites for hydroxylation is 2. The Morgan fingerprint density at radius 2 is 1.84 bits per heavy atom. The van der Waals surface area contributed by atoms with E-state index in [0.29, 0.717) is 11.3 Å². The molecule has 2 aliphatic heterocycles. The Morgan fingerprint density at radius 1 is 1.13 bits per heavy atom. The van der Waals surface area contributed by atoms with Crippen LogP contribution in [0.4, 0.5) is 0 Å². The zero-order chi connectivity index (χ0) is 22.0. The maximum atomic E-state index is 12.9. The molecule has 2 aliphatic rings. The summed E-state index contributed by atoms with van der Waals surface area (Å²) in [5.74, 6) is 3.19. The molecule has 0 bridgehead atoms. The van der Waals surface area contributed by atoms with Crippen LogP contribution in [0.15, 0.2) is 34.7 Å². The second-order valence-corrected chi connectivity index (χ2v) is 9.89. The van der Waals surface area contributed by atoms with Crippen molar-refractivity contribution in [3.8, 4) is 5.75 Å². The van der Waals surface area contributed by atoms with Crippen LogP contribution in [0.1, 0.15) is 60.6 Å². The molecule has 1 aromatic heterocycles. The molecule has 2 fully saturated rings. The first-order chi connectivity index (χ1) is 14.8. The molecule has 2 aromatic rings. The van der Waals surface area contributed by atoms with E-state index in [1.165, 1.54) is 12.0 Å². The van der Waals surface area contributed by atoms with E-state index in [-0.39, 0.29) is 5.91 Å². The summed E-state index contributed by atoms with van der Waals surface area (Å²) in [5, 5.41) is 0. The molecular formula is C26H36N2O3. The Hall–Kier alpha value is -2.27. The van der Waals surface area contributed by atoms with Crippen molar-refractivity contribution in [3.63, 3.8) is 0 Å². The monoisotopic (exact) mass is 424 g/mol. The zero-order valence-electron chi connectivity index (χ0n) is 19.4. The van der Waals surface area contributed by atoms with Crippen molar-refractivity contribution >= 4 is 5.91 Å². The van der Waals surface area contributed by atoms with Gasteiger partial charge in [-0.3, -0.25) is 9.69 Å². The van der Waals surface area contributed by atoms with Gasteiger partial charge in [0, 0.05) is 31.7 Å². The van der Waals surface area contributed by atoms with Gasteiger partial charge in [-0.15, -0.1) is 0 Å². The highest BCUT2D eigenvalue weighted by molar-refractivity contribution is 5.95. The highest BCUT2D eigenvalue weighted by Crippen LogP contribution is 2.41. The lowest BCUT2D eigenvalue weighted by Gasteiger charge is -2.39. The fourth-order valence-electron chi connectivity index (χ4n) is 5.04. The van der Waals surface area contributed by atoms with Crippen LogP contribution in [-0.4, -0.2) is 48.5 Å². The molecule has 0 saturated carbocycles. The first-order valence-electron chi connectivity index (χ1n) is 11.6. The van der Waals surface area contributed by atoms with E-state index < -0.39 is 0 Å². The summed E-state index contributed by atoms with van der Waals surface area (Å²) in [6.45, 7) is 13.7. The summed E-state index contributed by atoms with van der Waals surface area (Å²) in [5.41, 5.74) is 2.34. The lowest BCUT2D eigenvalue weighted by Crippen LogP contribution is -2.44. The van der Waals surface area contributed by atoms with Gasteiger partial charge in [-0.1, -0.05) is 32.0 Å². The number of ether oxygens (including phenoxy) is 1. The van der Waals surface area contributed by atoms with Gasteiger partial charge in [0.25, 0.3) is 5.91 Å². The molecule has 1 amide bonds. The molecule has 0 atom stereocenters. The second kappa shape index (κ2) is 9.07. The van der Waals surface area contributed by atoms with E-state index in [0.717, 1.165) is 75.0 Å². The largest absolute Gasteiger partial charge is 0.493 e. The maximum absolute atomic E-state index is 12.9. The van der Waals surface area contributed by atoms with Crippen molar-refractivity contribution in [3.05, 3.63) is 53.0 Å². The topological polar surface area (TPSA) is 45.9 Å². The zero-order valence-corrected chi connectivity index (χ0v) is 19.4. The normalized spacial score (nSPS) is 18.8. The number of piperidine rings is 1. The third-order valence-corrected chi connectivity index (χ3v) is 6.84. The van der Waals surface area contributed by atoms with Crippen LogP contribution >= 0.6 is 0 Å². The van der Waals surface area contributed by atoms with Crippen molar-refractivity contribution in [2.24, 2.45) is 11.3 Å². The van der Waals surface area contributed by atoms with E-state index in [2.05, 4.69) is 43.0 Å². The smallest absolute Gasteiger partial charge is 0.257 e. The highest BCUT2D eigenvalue weighted by atomic mass is 16.5. The number of amides is 1. The summed E-state index contributed by atoms with van der Waals surface area (Å²) >= 11 is 0. The van der Waals surface area contributed by atoms with E-state index in [9.17, 15) is 4.79 Å². The molecule has 1 aromatic carbocycles. The molecule has 3 heterocycles. The average molecular weight is 425 g/mol. The SMILES string of the molecule is Cc1cc(C(=O)N2CCC3(CCN(Cc4ccccc4OCC(C)C)C3)CC2)c(C)o1. The number of furan rings is 1. The molecule has 0 radical (unpaired) electrons. The Bertz CT molecular complexity index is 909. The van der Waals surface area contributed by atoms with Crippen LogP contribution in [0.25, 0.3) is 0 Å². The van der Waals surface area contributed by atoms with Crippen LogP contribution in [0, 0.1) is 25.2 Å². The molecule has 1 spiro atoms. The fourth-order valence-corrected chi connectivity index (χ4v) is 5.04. The number of nitrogens with zero attached hydrogens (tertiary/aromatic N) is 2. The maximum Gasteiger partial charge on any atom is 0.257 e. The van der Waals surface area contributed by atoms with Gasteiger partial charge >= 0.3 is 0 Å². The number of carbonyl (C=O) groups excluding carboxylic acids is 1. The van der Waals surface area contributed by atoms with Crippen LogP contribution in [-0.2, 0) is 6.54 Å². The summed E-state index contributed by atoms with van der Waals surface area (Å²) in [4.78, 5) is 17.5. The van der Waals surface area contributed by atoms with Crippen LogP contribution in [0.3, 0.4) is 0 Å². The van der Waals surface area contributed by atoms with Gasteiger partial charge in [-0.25, -0.2) is 0 Å². The van der Waals surface area contributed by atoms with E-state index in [4.69, 9.17) is 9.15 Å². The van der Waals surface area contributed by atoms with Crippen LogP contribution < -0.4 is 4.74 Å². The molecule has 2 saturated heterocycles. The number of hydrogen-bond acceptors (Lipinski definition) is 4. The summed E-state index contributed by atoms with van der Waals surface area (Å²) in [6.07, 6.45) is 3.38. The van der Waals surface area contributed by atoms with Crippen LogP contribution in [0.5, 0.6) is 5.75 Å². The number of benzene rings is 1. The third kappa shape index (κ3) is 4.98. The van der Waals surface area contributed by atoms with E-state index in [1.807, 2.05) is 24.8 Å². The molecule has 0 aliphatic carbocycles. The van der Waals surface area contributed by atoms with Gasteiger partial charge in [0.15, 0.2) is 0 Å². The minimum absolute atomic E-state index is 0.121. The van der Waals surface area contributed by atoms with Crippen molar-refractivity contribution in [2.75, 3.05) is 32.8 Å². The molecule has 168 valence electrons. The highest BCUT2D eigenvalue weighted by Gasteiger charge is 2.41. The number of hydrogen-bond donors (Lipinski definition) is 0. The standard InChI is InChI=1S/C26H36N2O3/c1-19(2)17-30-24-8-6-5-7-22(24)16-27-12-9-26(18-27)10-13-28(14-11-26)25(29)23-15-20(3)31-21(23)4/h5-8,15,19H,9-14,16-18H2,1-4H3. The van der Waals surface area contributed by atoms with Gasteiger partial charge in [0.1, 0.15) is 17.3 Å². The minimum atomic E-state index is 0.121. The van der Waals surface area contributed by atoms with Crippen LogP contribution in [0.2, 0.25) is 0 Å². The van der Waals surface area contributed by atoms with Gasteiger partial charge in [-0.2, -0.15) is 0 Å². The lowest BCUT2D eigenvalue weighted by atomic mass is 9.77. The number of likely N-dealkylation sites (tertiary alicyclic amines) is 2. The molecule has 0 N–H and O–H groups in total. The van der Waals surface area contributed by atoms with E-state index in [1.54, 1.807) is 0 Å². The van der Waals surface area contributed by atoms with Gasteiger partial charge in [-0.05, 0) is 63.1 Å². The number of rotatable bonds is 6. The predicted molar refractivity (Wildman–Crippen MR) is 122 cm³/mol. The summed E-state index contributed by atoms with van der Waals surface area (Å²) < 4.78 is 11.6. The molecule has 5 heteroatoms. The van der Waals surface area contributed by atoms with Crippen molar-refractivity contribution in [1.29, 1.82) is 0 Å². The minimum Gasteiger partial charge on any atom is -0.493 e. The average Bonchev–Trinajstić information content (AvgIpc) is 3.29. The van der Waals surface area contributed by atoms with Gasteiger partial charge in [0.2, 0.25) is 0 Å². The first kappa shape index (κ1) is 21.9. The first-order valence-corrected chi connectivity index (χ1v) is 11.6. The van der Waals surface area contributed by atoms with Crippen molar-refractivity contribution in [1.82, 2.24) is 9.80 Å². The third-order valence-electron chi connectivity index (χ3n) is 6.84. The molecule has 31 heavy (non-hydrogen) atoms. The molecule has 4 rings (SSSR count). The van der Waals surface area contributed by atoms with Gasteiger partial charge < -0.3 is 14.1 Å². The van der Waals surface area contributed by atoms with Crippen molar-refractivity contribution < 1.29 is 13.9 Å². The Balaban J connectivity index is 1.34. The number of carbonyl (C=O) groups is 1. The Labute approximate surface area is 186 Å².